The van der Waals surface area contributed by atoms with Crippen LogP contribution in [0.3, 0.4) is 0 Å². The minimum atomic E-state index is -2.29. The van der Waals surface area contributed by atoms with Crippen molar-refractivity contribution in [3.8, 4) is 0 Å². The molecule has 39 nitrogen and oxygen atoms in total. The Morgan fingerprint density at radius 3 is 1.09 bits per heavy atom. The highest BCUT2D eigenvalue weighted by Gasteiger charge is 2.60. The number of amides is 4. The monoisotopic (exact) mass is 1300 g/mol. The molecule has 7 saturated heterocycles. The van der Waals surface area contributed by atoms with Crippen LogP contribution in [0.25, 0.3) is 0 Å². The molecular weight excluding hydrogens is 1220 g/mol. The van der Waals surface area contributed by atoms with E-state index in [-0.39, 0.29) is 0 Å². The van der Waals surface area contributed by atoms with Gasteiger partial charge in [-0.2, -0.15) is 0 Å². The Labute approximate surface area is 505 Å². The molecule has 7 rings (SSSR count). The summed E-state index contributed by atoms with van der Waals surface area (Å²) in [7, 11) is 0. The lowest BCUT2D eigenvalue weighted by molar-refractivity contribution is -0.402. The molecule has 7 heterocycles. The Kier molecular flexibility index (Phi) is 26.0. The molecule has 0 saturated carbocycles. The summed E-state index contributed by atoms with van der Waals surface area (Å²) in [6.07, 6.45) is -59.8. The van der Waals surface area contributed by atoms with Gasteiger partial charge < -0.3 is 175 Å². The van der Waals surface area contributed by atoms with E-state index in [0.29, 0.717) is 0 Å². The summed E-state index contributed by atoms with van der Waals surface area (Å²) in [6, 6.07) is -6.93. The summed E-state index contributed by atoms with van der Waals surface area (Å²) in [5.41, 5.74) is 0. The highest BCUT2D eigenvalue weighted by atomic mass is 16.8. The molecule has 0 spiro atoms. The molecular formula is C50H84N4O35. The summed E-state index contributed by atoms with van der Waals surface area (Å²) in [5.74, 6) is -3.31. The fourth-order valence-electron chi connectivity index (χ4n) is 11.5. The fourth-order valence-corrected chi connectivity index (χ4v) is 11.5. The zero-order valence-electron chi connectivity index (χ0n) is 48.4. The third kappa shape index (κ3) is 16.2. The Hall–Kier alpha value is -3.36. The van der Waals surface area contributed by atoms with E-state index in [1.54, 1.807) is 0 Å². The van der Waals surface area contributed by atoms with E-state index < -0.39 is 278 Å². The summed E-state index contributed by atoms with van der Waals surface area (Å²) >= 11 is 0. The van der Waals surface area contributed by atoms with E-state index in [0.717, 1.165) is 27.7 Å². The first-order valence-corrected chi connectivity index (χ1v) is 28.5. The zero-order valence-corrected chi connectivity index (χ0v) is 48.4. The molecule has 0 aliphatic carbocycles. The van der Waals surface area contributed by atoms with Crippen LogP contribution in [0.4, 0.5) is 0 Å². The topological polar surface area (TPSA) is 601 Å². The predicted molar refractivity (Wildman–Crippen MR) is 277 cm³/mol. The molecule has 35 atom stereocenters. The van der Waals surface area contributed by atoms with Crippen LogP contribution in [-0.2, 0) is 80.8 Å². The average molecular weight is 1300 g/mol. The molecule has 7 aliphatic heterocycles. The lowest BCUT2D eigenvalue weighted by atomic mass is 9.93. The maximum absolute atomic E-state index is 13.0. The molecule has 0 unspecified atom stereocenters. The number of rotatable bonds is 22. The summed E-state index contributed by atoms with van der Waals surface area (Å²) in [5, 5.41) is 208. The standard InChI is InChI=1S/C50H84N4O35/c1-12-27(65)35(73)36(74)48(77-12)89-43-42(88-45-23(51-13(2)61)32(70)28(66)17(6-55)79-45)31(69)20(9-58)81-50(43)85-39-22(11-60)83-47(25(34(39)72)53-15(4)63)87-41-30(68)19(8-57)80-49(37(41)75)84-38-21(10-59)82-46(24(33(38)71)52-14(3)62)86-40-26(54-16(5)64)44(76)78-18(7-56)29(40)67/h12,17-50,55-60,65-76H,6-11H2,1-5H3,(H,51,61)(H,52,62)(H,53,63)(H,54,64)/t12-,17+,18+,19+,20+,21+,22+,23+,24+,25+,26+,27+,28-,29-,30-,31-,32+,33+,34+,35+,36-,37+,38+,39+,40+,41-,42-,43+,44+,45+,46-,47-,48-,49-,50-/m0/s1. The van der Waals surface area contributed by atoms with Gasteiger partial charge in [-0.3, -0.25) is 19.2 Å². The quantitative estimate of drug-likeness (QED) is 0.0479. The zero-order chi connectivity index (χ0) is 65.8. The predicted octanol–water partition coefficient (Wildman–Crippen LogP) is -14.7. The van der Waals surface area contributed by atoms with Crippen LogP contribution in [0, 0.1) is 0 Å². The van der Waals surface area contributed by atoms with Crippen LogP contribution in [-0.4, -0.2) is 370 Å². The van der Waals surface area contributed by atoms with Crippen molar-refractivity contribution in [2.45, 2.75) is 249 Å². The number of aliphatic hydroxyl groups is 18. The second-order valence-corrected chi connectivity index (χ2v) is 22.5. The SMILES string of the molecule is CC(=O)N[C@@H]1[C@@H](O[C@@H]2O[C@H](CO)[C@@H](O[C@@H]3O[C@H](CO)[C@H](O)[C@H](O[C@@H]4O[C@H](CO)[C@@H](O[C@@H]5O[C@H](CO)[C@H](O)[C@H](O[C@H]6O[C@H](CO)[C@H](O)[C@H](O)[C@H]6NC(C)=O)[C@H]5O[C@@H]5O[C@@H](C)[C@@H](O)[C@@H](O)[C@@H]5O)[C@H](O)[C@H]4NC(C)=O)[C@H]3O)[C@H](O)[C@H]2NC(C)=O)[C@@H](O)[C@@H](CO)O[C@H]1O. The summed E-state index contributed by atoms with van der Waals surface area (Å²) < 4.78 is 76.9. The molecule has 0 radical (unpaired) electrons. The van der Waals surface area contributed by atoms with Crippen LogP contribution in [0.1, 0.15) is 34.6 Å². The molecule has 22 N–H and O–H groups in total. The molecule has 0 aromatic heterocycles. The van der Waals surface area contributed by atoms with E-state index in [4.69, 9.17) is 61.6 Å². The van der Waals surface area contributed by atoms with Gasteiger partial charge in [0.05, 0.1) is 45.7 Å². The molecule has 7 fully saturated rings. The van der Waals surface area contributed by atoms with Crippen LogP contribution < -0.4 is 21.3 Å². The highest BCUT2D eigenvalue weighted by Crippen LogP contribution is 2.39. The number of hydrogen-bond donors (Lipinski definition) is 22. The largest absolute Gasteiger partial charge is 0.394 e. The molecule has 0 aromatic rings. The van der Waals surface area contributed by atoms with E-state index >= 15 is 0 Å². The van der Waals surface area contributed by atoms with Gasteiger partial charge in [-0.1, -0.05) is 0 Å². The normalized spacial score (nSPS) is 48.0. The first-order valence-electron chi connectivity index (χ1n) is 28.5. The molecule has 89 heavy (non-hydrogen) atoms. The van der Waals surface area contributed by atoms with Gasteiger partial charge in [-0.15, -0.1) is 0 Å². The van der Waals surface area contributed by atoms with Crippen molar-refractivity contribution < 1.29 is 173 Å². The van der Waals surface area contributed by atoms with Gasteiger partial charge in [0.2, 0.25) is 23.6 Å². The Balaban J connectivity index is 1.17. The second-order valence-electron chi connectivity index (χ2n) is 22.5. The van der Waals surface area contributed by atoms with Crippen molar-refractivity contribution in [2.75, 3.05) is 39.6 Å². The molecule has 514 valence electrons. The van der Waals surface area contributed by atoms with Gasteiger partial charge >= 0.3 is 0 Å². The highest BCUT2D eigenvalue weighted by molar-refractivity contribution is 5.74. The lowest BCUT2D eigenvalue weighted by Crippen LogP contribution is -2.71. The van der Waals surface area contributed by atoms with Crippen molar-refractivity contribution in [3.63, 3.8) is 0 Å². The molecule has 7 aliphatic rings. The van der Waals surface area contributed by atoms with Crippen LogP contribution in [0.2, 0.25) is 0 Å². The van der Waals surface area contributed by atoms with Gasteiger partial charge in [0.25, 0.3) is 0 Å². The number of hydrogen-bond acceptors (Lipinski definition) is 35. The van der Waals surface area contributed by atoms with E-state index in [1.807, 2.05) is 0 Å². The molecule has 0 bridgehead atoms. The second kappa shape index (κ2) is 31.7. The van der Waals surface area contributed by atoms with E-state index in [2.05, 4.69) is 21.3 Å². The molecule has 0 aromatic carbocycles. The maximum Gasteiger partial charge on any atom is 0.217 e. The van der Waals surface area contributed by atoms with E-state index in [9.17, 15) is 111 Å². The lowest BCUT2D eigenvalue weighted by Gasteiger charge is -2.52. The first-order chi connectivity index (χ1) is 42.0. The Morgan fingerprint density at radius 2 is 0.618 bits per heavy atom. The van der Waals surface area contributed by atoms with Crippen molar-refractivity contribution in [3.05, 3.63) is 0 Å². The number of ether oxygens (including phenoxy) is 13. The van der Waals surface area contributed by atoms with Gasteiger partial charge in [-0.25, -0.2) is 0 Å². The minimum absolute atomic E-state index is 0.744. The number of carbonyl (C=O) groups is 4. The van der Waals surface area contributed by atoms with Crippen molar-refractivity contribution in [2.24, 2.45) is 0 Å². The van der Waals surface area contributed by atoms with Crippen molar-refractivity contribution in [1.82, 2.24) is 21.3 Å². The van der Waals surface area contributed by atoms with E-state index in [1.165, 1.54) is 6.92 Å². The minimum Gasteiger partial charge on any atom is -0.394 e. The summed E-state index contributed by atoms with van der Waals surface area (Å²) in [6.45, 7) is -0.843. The maximum atomic E-state index is 13.0. The van der Waals surface area contributed by atoms with Crippen molar-refractivity contribution >= 4 is 23.6 Å². The smallest absolute Gasteiger partial charge is 0.217 e. The van der Waals surface area contributed by atoms with Crippen LogP contribution >= 0.6 is 0 Å². The van der Waals surface area contributed by atoms with Crippen LogP contribution in [0.5, 0.6) is 0 Å². The first kappa shape index (κ1) is 73.1. The van der Waals surface area contributed by atoms with Gasteiger partial charge in [0, 0.05) is 27.7 Å². The summed E-state index contributed by atoms with van der Waals surface area (Å²) in [4.78, 5) is 50.1. The number of carbonyl (C=O) groups excluding carboxylic acids is 4. The Bertz CT molecular complexity index is 2290. The van der Waals surface area contributed by atoms with Gasteiger partial charge in [-0.05, 0) is 6.92 Å². The van der Waals surface area contributed by atoms with Gasteiger partial charge in [0.1, 0.15) is 165 Å². The third-order valence-corrected chi connectivity index (χ3v) is 16.1. The van der Waals surface area contributed by atoms with Crippen LogP contribution in [0.15, 0.2) is 0 Å². The Morgan fingerprint density at radius 1 is 0.292 bits per heavy atom. The fraction of sp³-hybridized carbons (Fsp3) is 0.920. The third-order valence-electron chi connectivity index (χ3n) is 16.1. The number of aliphatic hydroxyl groups excluding tert-OH is 18. The van der Waals surface area contributed by atoms with Crippen molar-refractivity contribution in [1.29, 1.82) is 0 Å². The average Bonchev–Trinajstić information content (AvgIpc) is 1.22. The molecule has 39 heteroatoms. The molecule has 4 amide bonds. The number of nitrogens with one attached hydrogen (secondary N) is 4. The van der Waals surface area contributed by atoms with Gasteiger partial charge in [0.15, 0.2) is 44.0 Å².